The first-order valence-corrected chi connectivity index (χ1v) is 8.94. The van der Waals surface area contributed by atoms with Crippen LogP contribution in [0.1, 0.15) is 38.5 Å². The summed E-state index contributed by atoms with van der Waals surface area (Å²) in [6.07, 6.45) is 5.33. The third-order valence-electron chi connectivity index (χ3n) is 3.85. The summed E-state index contributed by atoms with van der Waals surface area (Å²) in [4.78, 5) is 24.0. The molecular formula is C15H20N2O5S. The minimum absolute atomic E-state index is 0.0435. The normalized spacial score (nSPS) is 15.9. The average Bonchev–Trinajstić information content (AvgIpc) is 2.47. The molecule has 126 valence electrons. The Bertz CT molecular complexity index is 654. The molecule has 23 heavy (non-hydrogen) atoms. The molecule has 1 aromatic rings. The van der Waals surface area contributed by atoms with Crippen LogP contribution in [0.3, 0.4) is 0 Å². The van der Waals surface area contributed by atoms with Gasteiger partial charge < -0.3 is 0 Å². The molecule has 0 atom stereocenters. The van der Waals surface area contributed by atoms with E-state index in [0.717, 1.165) is 32.1 Å². The van der Waals surface area contributed by atoms with E-state index in [-0.39, 0.29) is 22.3 Å². The monoisotopic (exact) mass is 340 g/mol. The smallest absolute Gasteiger partial charge is 0.277 e. The fourth-order valence-corrected chi connectivity index (χ4v) is 3.44. The lowest BCUT2D eigenvalue weighted by molar-refractivity contribution is -0.121. The molecule has 1 saturated carbocycles. The van der Waals surface area contributed by atoms with Crippen LogP contribution in [0.15, 0.2) is 30.3 Å². The first-order chi connectivity index (χ1) is 10.9. The quantitative estimate of drug-likeness (QED) is 0.820. The topological polar surface area (TPSA) is 104 Å². The molecular weight excluding hydrogens is 320 g/mol. The predicted molar refractivity (Wildman–Crippen MR) is 85.2 cm³/mol. The van der Waals surface area contributed by atoms with Crippen LogP contribution in [0.25, 0.3) is 0 Å². The summed E-state index contributed by atoms with van der Waals surface area (Å²) < 4.78 is 32.3. The number of para-hydroxylation sites is 1. The van der Waals surface area contributed by atoms with E-state index in [0.29, 0.717) is 0 Å². The van der Waals surface area contributed by atoms with Gasteiger partial charge in [-0.25, -0.2) is 4.79 Å². The first-order valence-electron chi connectivity index (χ1n) is 7.54. The van der Waals surface area contributed by atoms with E-state index in [2.05, 4.69) is 0 Å². The summed E-state index contributed by atoms with van der Waals surface area (Å²) in [6.45, 7) is 0. The van der Waals surface area contributed by atoms with Crippen molar-refractivity contribution in [3.63, 3.8) is 0 Å². The second-order valence-corrected chi connectivity index (χ2v) is 6.90. The van der Waals surface area contributed by atoms with E-state index in [1.807, 2.05) is 5.32 Å². The van der Waals surface area contributed by atoms with Gasteiger partial charge in [0.1, 0.15) is 0 Å². The highest BCUT2D eigenvalue weighted by molar-refractivity contribution is 7.88. The van der Waals surface area contributed by atoms with Gasteiger partial charge >= 0.3 is 16.3 Å². The van der Waals surface area contributed by atoms with E-state index in [4.69, 9.17) is 0 Å². The Morgan fingerprint density at radius 2 is 1.74 bits per heavy atom. The van der Waals surface area contributed by atoms with Crippen LogP contribution in [0, 0.1) is 5.92 Å². The maximum atomic E-state index is 12.1. The van der Waals surface area contributed by atoms with E-state index >= 15 is 0 Å². The minimum Gasteiger partial charge on any atom is -0.277 e. The van der Waals surface area contributed by atoms with Crippen molar-refractivity contribution >= 4 is 27.9 Å². The van der Waals surface area contributed by atoms with Crippen LogP contribution in [0.2, 0.25) is 0 Å². The zero-order valence-electron chi connectivity index (χ0n) is 12.6. The number of carbonyl (C=O) groups excluding carboxylic acids is 2. The number of urea groups is 1. The second kappa shape index (κ2) is 7.56. The van der Waals surface area contributed by atoms with Crippen molar-refractivity contribution in [2.75, 3.05) is 4.31 Å². The minimum atomic E-state index is -4.83. The molecule has 7 nitrogen and oxygen atoms in total. The number of nitrogens with zero attached hydrogens (tertiary/aromatic N) is 1. The van der Waals surface area contributed by atoms with Gasteiger partial charge in [-0.05, 0) is 30.9 Å². The molecule has 0 aliphatic heterocycles. The van der Waals surface area contributed by atoms with Crippen LogP contribution in [0.5, 0.6) is 0 Å². The molecule has 8 heteroatoms. The molecule has 0 heterocycles. The van der Waals surface area contributed by atoms with Gasteiger partial charge in [-0.2, -0.15) is 12.7 Å². The third kappa shape index (κ3) is 5.04. The van der Waals surface area contributed by atoms with Gasteiger partial charge in [0.15, 0.2) is 0 Å². The molecule has 0 aromatic heterocycles. The molecule has 2 N–H and O–H groups in total. The summed E-state index contributed by atoms with van der Waals surface area (Å²) in [5.74, 6) is -0.320. The Hall–Kier alpha value is -1.93. The number of imide groups is 1. The Kier molecular flexibility index (Phi) is 5.73. The largest absolute Gasteiger partial charge is 0.368 e. The number of anilines is 1. The summed E-state index contributed by atoms with van der Waals surface area (Å²) in [5.41, 5.74) is -0.0435. The Balaban J connectivity index is 2.05. The van der Waals surface area contributed by atoms with Crippen LogP contribution in [0.4, 0.5) is 10.5 Å². The van der Waals surface area contributed by atoms with Gasteiger partial charge in [0, 0.05) is 6.42 Å². The van der Waals surface area contributed by atoms with Crippen LogP contribution >= 0.6 is 0 Å². The van der Waals surface area contributed by atoms with Gasteiger partial charge in [-0.15, -0.1) is 0 Å². The fraction of sp³-hybridized carbons (Fsp3) is 0.467. The third-order valence-corrected chi connectivity index (χ3v) is 4.69. The van der Waals surface area contributed by atoms with Crippen LogP contribution in [-0.4, -0.2) is 24.9 Å². The van der Waals surface area contributed by atoms with Crippen molar-refractivity contribution in [2.24, 2.45) is 5.92 Å². The zero-order valence-corrected chi connectivity index (χ0v) is 13.5. The highest BCUT2D eigenvalue weighted by Crippen LogP contribution is 2.26. The van der Waals surface area contributed by atoms with Crippen molar-refractivity contribution in [1.29, 1.82) is 0 Å². The zero-order chi connectivity index (χ0) is 16.9. The maximum absolute atomic E-state index is 12.1. The molecule has 1 aliphatic carbocycles. The maximum Gasteiger partial charge on any atom is 0.368 e. The van der Waals surface area contributed by atoms with Gasteiger partial charge in [-0.1, -0.05) is 37.5 Å². The molecule has 1 aliphatic rings. The summed E-state index contributed by atoms with van der Waals surface area (Å²) in [6, 6.07) is 6.19. The summed E-state index contributed by atoms with van der Waals surface area (Å²) in [5, 5.41) is 2.04. The highest BCUT2D eigenvalue weighted by Gasteiger charge is 2.29. The standard InChI is InChI=1S/C15H20N2O5S/c18-14(11-12-7-3-1-4-8-12)16-15(19)17(23(20,21)22)13-9-5-2-6-10-13/h2,5-6,9-10,12H,1,3-4,7-8,11H2,(H,16,18,19)(H,20,21,22). The molecule has 0 bridgehead atoms. The number of amides is 3. The summed E-state index contributed by atoms with van der Waals surface area (Å²) in [7, 11) is -4.83. The van der Waals surface area contributed by atoms with Crippen molar-refractivity contribution < 1.29 is 22.6 Å². The van der Waals surface area contributed by atoms with Crippen molar-refractivity contribution in [1.82, 2.24) is 5.32 Å². The van der Waals surface area contributed by atoms with Gasteiger partial charge in [0.25, 0.3) is 0 Å². The molecule has 0 spiro atoms. The predicted octanol–water partition coefficient (Wildman–Crippen LogP) is 2.50. The van der Waals surface area contributed by atoms with Gasteiger partial charge in [0.2, 0.25) is 5.91 Å². The number of carbonyl (C=O) groups is 2. The van der Waals surface area contributed by atoms with E-state index in [9.17, 15) is 22.6 Å². The number of hydrogen-bond acceptors (Lipinski definition) is 4. The van der Waals surface area contributed by atoms with Crippen LogP contribution in [-0.2, 0) is 15.1 Å². The first kappa shape index (κ1) is 17.4. The Morgan fingerprint density at radius 3 is 2.30 bits per heavy atom. The molecule has 2 rings (SSSR count). The fourth-order valence-electron chi connectivity index (χ4n) is 2.79. The lowest BCUT2D eigenvalue weighted by atomic mass is 9.87. The summed E-state index contributed by atoms with van der Waals surface area (Å²) >= 11 is 0. The van der Waals surface area contributed by atoms with E-state index in [1.165, 1.54) is 24.3 Å². The molecule has 1 fully saturated rings. The number of nitrogens with one attached hydrogen (secondary N) is 1. The number of rotatable bonds is 4. The average molecular weight is 340 g/mol. The SMILES string of the molecule is O=C(CC1CCCCC1)NC(=O)N(c1ccccc1)S(=O)(=O)O. The highest BCUT2D eigenvalue weighted by atomic mass is 32.2. The number of benzene rings is 1. The van der Waals surface area contributed by atoms with E-state index in [1.54, 1.807) is 6.07 Å². The molecule has 1 aromatic carbocycles. The Labute approximate surface area is 135 Å². The van der Waals surface area contributed by atoms with Crippen molar-refractivity contribution in [2.45, 2.75) is 38.5 Å². The van der Waals surface area contributed by atoms with Gasteiger partial charge in [0.05, 0.1) is 5.69 Å². The number of hydrogen-bond donors (Lipinski definition) is 2. The van der Waals surface area contributed by atoms with Gasteiger partial charge in [-0.3, -0.25) is 14.7 Å². The van der Waals surface area contributed by atoms with Crippen LogP contribution < -0.4 is 9.62 Å². The lowest BCUT2D eigenvalue weighted by Gasteiger charge is -2.22. The van der Waals surface area contributed by atoms with E-state index < -0.39 is 22.2 Å². The van der Waals surface area contributed by atoms with Crippen molar-refractivity contribution in [3.05, 3.63) is 30.3 Å². The van der Waals surface area contributed by atoms with Crippen molar-refractivity contribution in [3.8, 4) is 0 Å². The second-order valence-electron chi connectivity index (χ2n) is 5.64. The molecule has 0 radical (unpaired) electrons. The molecule has 0 saturated heterocycles. The molecule has 0 unspecified atom stereocenters. The molecule has 3 amide bonds. The lowest BCUT2D eigenvalue weighted by Crippen LogP contribution is -2.46. The Morgan fingerprint density at radius 1 is 1.13 bits per heavy atom.